The van der Waals surface area contributed by atoms with Crippen LogP contribution in [0.5, 0.6) is 11.5 Å². The molecule has 4 aromatic rings. The number of carbonyl (C=O) groups is 2. The van der Waals surface area contributed by atoms with E-state index in [1.165, 1.54) is 11.1 Å². The van der Waals surface area contributed by atoms with E-state index in [4.69, 9.17) is 9.47 Å². The number of carbonyl (C=O) groups excluding carboxylic acids is 2. The number of esters is 2. The van der Waals surface area contributed by atoms with E-state index in [-0.39, 0.29) is 22.8 Å². The van der Waals surface area contributed by atoms with Crippen molar-refractivity contribution >= 4 is 11.9 Å². The Hall–Kier alpha value is -4.18. The lowest BCUT2D eigenvalue weighted by Gasteiger charge is -2.34. The van der Waals surface area contributed by atoms with Crippen molar-refractivity contribution in [3.8, 4) is 11.5 Å². The number of ether oxygens (including phenoxy) is 2. The molecule has 4 aromatic carbocycles. The van der Waals surface area contributed by atoms with Gasteiger partial charge in [-0.3, -0.25) is 9.59 Å². The fourth-order valence-electron chi connectivity index (χ4n) is 9.31. The van der Waals surface area contributed by atoms with Crippen molar-refractivity contribution in [1.82, 2.24) is 0 Å². The zero-order chi connectivity index (χ0) is 37.7. The summed E-state index contributed by atoms with van der Waals surface area (Å²) in [5, 5.41) is 0. The second kappa shape index (κ2) is 12.2. The van der Waals surface area contributed by atoms with Crippen LogP contribution in [0.4, 0.5) is 0 Å². The van der Waals surface area contributed by atoms with Crippen LogP contribution in [0.15, 0.2) is 60.7 Å². The van der Waals surface area contributed by atoms with E-state index in [0.29, 0.717) is 11.8 Å². The van der Waals surface area contributed by atoms with E-state index in [1.807, 2.05) is 0 Å². The smallest absolute Gasteiger partial charge is 0.326 e. The van der Waals surface area contributed by atoms with Crippen LogP contribution in [0, 0.1) is 27.7 Å². The molecular weight excluding hydrogens is 641 g/mol. The molecule has 1 fully saturated rings. The zero-order valence-electron chi connectivity index (χ0n) is 33.4. The van der Waals surface area contributed by atoms with Gasteiger partial charge < -0.3 is 9.47 Å². The van der Waals surface area contributed by atoms with Crippen molar-refractivity contribution in [2.24, 2.45) is 0 Å². The summed E-state index contributed by atoms with van der Waals surface area (Å²) in [6, 6.07) is 22.1. The minimum Gasteiger partial charge on any atom is -0.425 e. The molecule has 272 valence electrons. The van der Waals surface area contributed by atoms with E-state index >= 15 is 0 Å². The lowest BCUT2D eigenvalue weighted by molar-refractivity contribution is -0.137. The second-order valence-electron chi connectivity index (χ2n) is 18.6. The Bertz CT molecular complexity index is 1990. The summed E-state index contributed by atoms with van der Waals surface area (Å²) in [5.41, 5.74) is 11.0. The summed E-state index contributed by atoms with van der Waals surface area (Å²) in [4.78, 5) is 28.0. The largest absolute Gasteiger partial charge is 0.425 e. The molecule has 4 unspecified atom stereocenters. The van der Waals surface area contributed by atoms with Crippen LogP contribution >= 0.6 is 0 Å². The summed E-state index contributed by atoms with van der Waals surface area (Å²) in [5.74, 6) is 1.71. The third-order valence-corrected chi connectivity index (χ3v) is 12.6. The van der Waals surface area contributed by atoms with Crippen molar-refractivity contribution < 1.29 is 19.1 Å². The maximum Gasteiger partial charge on any atom is 0.326 e. The Labute approximate surface area is 311 Å². The number of fused-ring (bicyclic) bond motifs is 2. The monoisotopic (exact) mass is 696 g/mol. The molecular formula is C48H56O4. The van der Waals surface area contributed by atoms with Gasteiger partial charge in [-0.1, -0.05) is 120 Å². The minimum atomic E-state index is -0.887. The van der Waals surface area contributed by atoms with Gasteiger partial charge in [0.2, 0.25) is 0 Å². The summed E-state index contributed by atoms with van der Waals surface area (Å²) >= 11 is 0. The van der Waals surface area contributed by atoms with E-state index in [1.54, 1.807) is 0 Å². The maximum atomic E-state index is 14.0. The minimum absolute atomic E-state index is 0.197. The first kappa shape index (κ1) is 36.2. The third kappa shape index (κ3) is 5.63. The Morgan fingerprint density at radius 2 is 0.942 bits per heavy atom. The molecule has 1 aliphatic carbocycles. The molecule has 0 N–H and O–H groups in total. The van der Waals surface area contributed by atoms with Gasteiger partial charge >= 0.3 is 11.9 Å². The molecule has 0 amide bonds. The van der Waals surface area contributed by atoms with Gasteiger partial charge in [-0.2, -0.15) is 0 Å². The van der Waals surface area contributed by atoms with Gasteiger partial charge in [-0.05, 0) is 117 Å². The molecule has 0 spiro atoms. The molecule has 2 aliphatic heterocycles. The van der Waals surface area contributed by atoms with Crippen LogP contribution in [-0.2, 0) is 31.2 Å². The van der Waals surface area contributed by atoms with Crippen molar-refractivity contribution in [1.29, 1.82) is 0 Å². The van der Waals surface area contributed by atoms with Crippen LogP contribution in [0.2, 0.25) is 0 Å². The first-order chi connectivity index (χ1) is 24.2. The summed E-state index contributed by atoms with van der Waals surface area (Å²) in [6.45, 7) is 25.8. The Kier molecular flexibility index (Phi) is 8.48. The van der Waals surface area contributed by atoms with Gasteiger partial charge in [0.15, 0.2) is 0 Å². The molecule has 0 bridgehead atoms. The molecule has 0 saturated heterocycles. The molecule has 0 radical (unpaired) electrons. The van der Waals surface area contributed by atoms with E-state index in [2.05, 4.69) is 144 Å². The molecule has 1 saturated carbocycles. The van der Waals surface area contributed by atoms with Crippen molar-refractivity contribution in [2.45, 2.75) is 142 Å². The molecule has 2 heterocycles. The molecule has 4 nitrogen and oxygen atoms in total. The number of rotatable bonds is 4. The van der Waals surface area contributed by atoms with E-state index in [0.717, 1.165) is 92.8 Å². The quantitative estimate of drug-likeness (QED) is 0.157. The highest BCUT2D eigenvalue weighted by Gasteiger charge is 2.51. The van der Waals surface area contributed by atoms with Gasteiger partial charge in [0.25, 0.3) is 0 Å². The summed E-state index contributed by atoms with van der Waals surface area (Å²) in [6.07, 6.45) is 4.28. The van der Waals surface area contributed by atoms with Gasteiger partial charge in [0.05, 0.1) is 0 Å². The SMILES string of the molecule is Cc1ccc(C)c(C2(C)C(=O)Oc3c(C(C)(C)C)cc(C4CCCC(c5cc(C(C)(C)C)c6c(c5)C(C)(c5cc(C)ccc5C)C(=O)O6)C4)cc32)c1. The number of hydrogen-bond acceptors (Lipinski definition) is 4. The Balaban J connectivity index is 1.34. The molecule has 52 heavy (non-hydrogen) atoms. The Morgan fingerprint density at radius 1 is 0.558 bits per heavy atom. The topological polar surface area (TPSA) is 52.6 Å². The maximum absolute atomic E-state index is 14.0. The lowest BCUT2D eigenvalue weighted by atomic mass is 9.68. The standard InChI is InChI=1S/C48H56O4/c1-27-16-18-29(3)35(20-27)47(11)39-25-33(23-37(45(5,6)7)41(39)51-43(47)49)31-14-13-15-32(22-31)34-24-38(46(8,9)10)42-40(26-34)48(12,44(50)52-42)36-21-28(2)17-19-30(36)4/h16-21,23-26,31-32H,13-15,22H2,1-12H3. The summed E-state index contributed by atoms with van der Waals surface area (Å²) in [7, 11) is 0. The van der Waals surface area contributed by atoms with Crippen molar-refractivity contribution in [2.75, 3.05) is 0 Å². The highest BCUT2D eigenvalue weighted by atomic mass is 16.5. The second-order valence-corrected chi connectivity index (χ2v) is 18.6. The van der Waals surface area contributed by atoms with Gasteiger partial charge in [-0.25, -0.2) is 0 Å². The van der Waals surface area contributed by atoms with E-state index in [9.17, 15) is 9.59 Å². The lowest BCUT2D eigenvalue weighted by Crippen LogP contribution is -2.32. The Morgan fingerprint density at radius 3 is 1.31 bits per heavy atom. The van der Waals surface area contributed by atoms with E-state index < -0.39 is 10.8 Å². The van der Waals surface area contributed by atoms with Crippen molar-refractivity contribution in [3.63, 3.8) is 0 Å². The molecule has 4 atom stereocenters. The van der Waals surface area contributed by atoms with Gasteiger partial charge in [0, 0.05) is 22.3 Å². The zero-order valence-corrected chi connectivity index (χ0v) is 33.4. The predicted molar refractivity (Wildman–Crippen MR) is 210 cm³/mol. The predicted octanol–water partition coefficient (Wildman–Crippen LogP) is 11.4. The molecule has 4 heteroatoms. The highest BCUT2D eigenvalue weighted by molar-refractivity contribution is 5.96. The highest BCUT2D eigenvalue weighted by Crippen LogP contribution is 2.54. The fraction of sp³-hybridized carbons (Fsp3) is 0.458. The summed E-state index contributed by atoms with van der Waals surface area (Å²) < 4.78 is 12.5. The number of benzene rings is 4. The molecule has 0 aromatic heterocycles. The van der Waals surface area contributed by atoms with Gasteiger partial charge in [-0.15, -0.1) is 0 Å². The number of aryl methyl sites for hydroxylation is 4. The van der Waals surface area contributed by atoms with Crippen LogP contribution < -0.4 is 9.47 Å². The van der Waals surface area contributed by atoms with Gasteiger partial charge in [0.1, 0.15) is 22.3 Å². The number of hydrogen-bond donors (Lipinski definition) is 0. The molecule has 3 aliphatic rings. The van der Waals surface area contributed by atoms with Crippen LogP contribution in [0.3, 0.4) is 0 Å². The third-order valence-electron chi connectivity index (χ3n) is 12.6. The van der Waals surface area contributed by atoms with Crippen LogP contribution in [-0.4, -0.2) is 11.9 Å². The first-order valence-electron chi connectivity index (χ1n) is 19.2. The van der Waals surface area contributed by atoms with Crippen LogP contribution in [0.1, 0.15) is 160 Å². The normalized spacial score (nSPS) is 24.4. The average Bonchev–Trinajstić information content (AvgIpc) is 3.49. The molecule has 7 rings (SSSR count). The fourth-order valence-corrected chi connectivity index (χ4v) is 9.31. The van der Waals surface area contributed by atoms with Crippen LogP contribution in [0.25, 0.3) is 0 Å². The van der Waals surface area contributed by atoms with Crippen molar-refractivity contribution in [3.05, 3.63) is 127 Å². The average molecular weight is 697 g/mol. The first-order valence-corrected chi connectivity index (χ1v) is 19.2.